The van der Waals surface area contributed by atoms with E-state index in [1.165, 1.54) is 25.7 Å². The van der Waals surface area contributed by atoms with E-state index in [9.17, 15) is 4.79 Å². The molecule has 0 aromatic heterocycles. The number of carbonyl (C=O) groups excluding carboxylic acids is 1. The summed E-state index contributed by atoms with van der Waals surface area (Å²) in [6.45, 7) is 12.9. The molecule has 0 aromatic rings. The van der Waals surface area contributed by atoms with Gasteiger partial charge in [-0.15, -0.1) is 0 Å². The van der Waals surface area contributed by atoms with E-state index in [2.05, 4.69) is 26.6 Å². The minimum atomic E-state index is -1.36. The van der Waals surface area contributed by atoms with E-state index in [1.54, 1.807) is 0 Å². The van der Waals surface area contributed by atoms with Crippen LogP contribution < -0.4 is 0 Å². The van der Waals surface area contributed by atoms with Gasteiger partial charge in [0.05, 0.1) is 0 Å². The third kappa shape index (κ3) is 11.0. The van der Waals surface area contributed by atoms with E-state index in [0.29, 0.717) is 6.10 Å². The van der Waals surface area contributed by atoms with E-state index in [0.717, 1.165) is 19.1 Å². The number of carbonyl (C=O) groups is 1. The first kappa shape index (κ1) is 17.8. The highest BCUT2D eigenvalue weighted by Gasteiger charge is 2.18. The normalized spacial score (nSPS) is 14.6. The van der Waals surface area contributed by atoms with Gasteiger partial charge in [0.1, 0.15) is 6.29 Å². The molecule has 0 saturated heterocycles. The van der Waals surface area contributed by atoms with Gasteiger partial charge in [-0.25, -0.2) is 0 Å². The molecule has 0 N–H and O–H groups in total. The van der Waals surface area contributed by atoms with Gasteiger partial charge in [0.2, 0.25) is 0 Å². The van der Waals surface area contributed by atoms with Crippen LogP contribution in [0.25, 0.3) is 0 Å². The van der Waals surface area contributed by atoms with Gasteiger partial charge >= 0.3 is 0 Å². The minimum Gasteiger partial charge on any atom is -0.415 e. The smallest absolute Gasteiger partial charge is 0.184 e. The van der Waals surface area contributed by atoms with Crippen molar-refractivity contribution < 1.29 is 9.22 Å². The van der Waals surface area contributed by atoms with Crippen molar-refractivity contribution in [3.05, 3.63) is 0 Å². The predicted molar refractivity (Wildman–Crippen MR) is 81.4 cm³/mol. The van der Waals surface area contributed by atoms with Crippen molar-refractivity contribution >= 4 is 14.6 Å². The van der Waals surface area contributed by atoms with Crippen molar-refractivity contribution in [3.63, 3.8) is 0 Å². The number of hydrogen-bond donors (Lipinski definition) is 0. The highest BCUT2D eigenvalue weighted by atomic mass is 28.4. The zero-order valence-corrected chi connectivity index (χ0v) is 14.2. The summed E-state index contributed by atoms with van der Waals surface area (Å²) in [5, 5.41) is 0. The van der Waals surface area contributed by atoms with Crippen molar-refractivity contribution in [2.45, 2.75) is 85.0 Å². The van der Waals surface area contributed by atoms with E-state index < -0.39 is 8.32 Å². The lowest BCUT2D eigenvalue weighted by Crippen LogP contribution is -2.30. The first-order valence-electron chi connectivity index (χ1n) is 7.30. The zero-order chi connectivity index (χ0) is 14.2. The molecule has 0 spiro atoms. The molecule has 0 fully saturated rings. The number of hydrogen-bond acceptors (Lipinski definition) is 2. The van der Waals surface area contributed by atoms with E-state index in [-0.39, 0.29) is 5.41 Å². The number of rotatable bonds is 10. The summed E-state index contributed by atoms with van der Waals surface area (Å²) in [5.41, 5.74) is -0.131. The molecule has 108 valence electrons. The van der Waals surface area contributed by atoms with Crippen LogP contribution in [0.2, 0.25) is 19.6 Å². The largest absolute Gasteiger partial charge is 0.415 e. The quantitative estimate of drug-likeness (QED) is 0.324. The van der Waals surface area contributed by atoms with Crippen LogP contribution in [-0.2, 0) is 9.22 Å². The fourth-order valence-electron chi connectivity index (χ4n) is 2.09. The number of aldehydes is 1. The summed E-state index contributed by atoms with van der Waals surface area (Å²) in [4.78, 5) is 10.8. The molecule has 2 nitrogen and oxygen atoms in total. The predicted octanol–water partition coefficient (Wildman–Crippen LogP) is 4.79. The molecule has 1 unspecified atom stereocenters. The number of unbranched alkanes of at least 4 members (excludes halogenated alkanes) is 3. The highest BCUT2D eigenvalue weighted by Crippen LogP contribution is 2.21. The molecule has 0 heterocycles. The second kappa shape index (κ2) is 8.11. The molecule has 0 aliphatic carbocycles. The Labute approximate surface area is 115 Å². The molecule has 0 rings (SSSR count). The van der Waals surface area contributed by atoms with E-state index >= 15 is 0 Å². The summed E-state index contributed by atoms with van der Waals surface area (Å²) in [7, 11) is -1.36. The van der Waals surface area contributed by atoms with Crippen LogP contribution in [0.3, 0.4) is 0 Å². The summed E-state index contributed by atoms with van der Waals surface area (Å²) in [6.07, 6.45) is 8.56. The lowest BCUT2D eigenvalue weighted by atomic mass is 9.88. The second-order valence-electron chi connectivity index (χ2n) is 7.10. The SMILES string of the molecule is CC(CCCCCCC(C)(C)C=O)O[Si](C)(C)C. The van der Waals surface area contributed by atoms with E-state index in [1.807, 2.05) is 13.8 Å². The summed E-state index contributed by atoms with van der Waals surface area (Å²) in [6, 6.07) is 0. The van der Waals surface area contributed by atoms with Crippen molar-refractivity contribution in [1.29, 1.82) is 0 Å². The standard InChI is InChI=1S/C15H32O2Si/c1-14(17-18(4,5)6)11-9-7-8-10-12-15(2,3)13-16/h13-14H,7-12H2,1-6H3. The van der Waals surface area contributed by atoms with Crippen LogP contribution in [0.4, 0.5) is 0 Å². The molecular weight excluding hydrogens is 240 g/mol. The third-order valence-electron chi connectivity index (χ3n) is 3.06. The lowest BCUT2D eigenvalue weighted by Gasteiger charge is -2.23. The lowest BCUT2D eigenvalue weighted by molar-refractivity contribution is -0.115. The maximum atomic E-state index is 10.8. The second-order valence-corrected chi connectivity index (χ2v) is 11.6. The van der Waals surface area contributed by atoms with Crippen molar-refractivity contribution in [1.82, 2.24) is 0 Å². The van der Waals surface area contributed by atoms with E-state index in [4.69, 9.17) is 4.43 Å². The van der Waals surface area contributed by atoms with Crippen molar-refractivity contribution in [3.8, 4) is 0 Å². The molecule has 0 amide bonds. The molecule has 0 aliphatic rings. The van der Waals surface area contributed by atoms with Crippen LogP contribution in [0.1, 0.15) is 59.3 Å². The maximum absolute atomic E-state index is 10.8. The average molecular weight is 273 g/mol. The van der Waals surface area contributed by atoms with Gasteiger partial charge in [-0.3, -0.25) is 0 Å². The summed E-state index contributed by atoms with van der Waals surface area (Å²) >= 11 is 0. The minimum absolute atomic E-state index is 0.131. The molecule has 18 heavy (non-hydrogen) atoms. The molecule has 3 heteroatoms. The fraction of sp³-hybridized carbons (Fsp3) is 0.933. The Kier molecular flexibility index (Phi) is 8.04. The van der Waals surface area contributed by atoms with Crippen LogP contribution in [0.15, 0.2) is 0 Å². The highest BCUT2D eigenvalue weighted by molar-refractivity contribution is 6.69. The summed E-state index contributed by atoms with van der Waals surface area (Å²) in [5.74, 6) is 0. The molecule has 0 bridgehead atoms. The monoisotopic (exact) mass is 272 g/mol. The third-order valence-corrected chi connectivity index (χ3v) is 4.17. The van der Waals surface area contributed by atoms with Crippen molar-refractivity contribution in [2.75, 3.05) is 0 Å². The van der Waals surface area contributed by atoms with Crippen LogP contribution in [0, 0.1) is 5.41 Å². The molecule has 0 aliphatic heterocycles. The Morgan fingerprint density at radius 1 is 1.11 bits per heavy atom. The van der Waals surface area contributed by atoms with Crippen molar-refractivity contribution in [2.24, 2.45) is 5.41 Å². The van der Waals surface area contributed by atoms with Crippen LogP contribution in [-0.4, -0.2) is 20.7 Å². The Balaban J connectivity index is 3.49. The zero-order valence-electron chi connectivity index (χ0n) is 13.2. The Hall–Kier alpha value is -0.153. The molecule has 1 atom stereocenters. The van der Waals surface area contributed by atoms with Crippen LogP contribution >= 0.6 is 0 Å². The Bertz CT molecular complexity index is 231. The van der Waals surface area contributed by atoms with Gasteiger partial charge < -0.3 is 9.22 Å². The first-order chi connectivity index (χ1) is 8.16. The topological polar surface area (TPSA) is 26.3 Å². The van der Waals surface area contributed by atoms with Gasteiger partial charge in [-0.05, 0) is 39.4 Å². The van der Waals surface area contributed by atoms with Gasteiger partial charge in [0.15, 0.2) is 8.32 Å². The first-order valence-corrected chi connectivity index (χ1v) is 10.7. The Morgan fingerprint density at radius 2 is 1.67 bits per heavy atom. The molecular formula is C15H32O2Si. The fourth-order valence-corrected chi connectivity index (χ4v) is 3.41. The summed E-state index contributed by atoms with van der Waals surface area (Å²) < 4.78 is 6.01. The molecule has 0 saturated carbocycles. The average Bonchev–Trinajstić information content (AvgIpc) is 2.20. The Morgan fingerprint density at radius 3 is 2.17 bits per heavy atom. The van der Waals surface area contributed by atoms with Gasteiger partial charge in [0.25, 0.3) is 0 Å². The van der Waals surface area contributed by atoms with Crippen LogP contribution in [0.5, 0.6) is 0 Å². The van der Waals surface area contributed by atoms with Gasteiger partial charge in [0, 0.05) is 11.5 Å². The molecule has 0 aromatic carbocycles. The maximum Gasteiger partial charge on any atom is 0.184 e. The van der Waals surface area contributed by atoms with Gasteiger partial charge in [-0.1, -0.05) is 39.5 Å². The molecule has 0 radical (unpaired) electrons. The van der Waals surface area contributed by atoms with Gasteiger partial charge in [-0.2, -0.15) is 0 Å².